The van der Waals surface area contributed by atoms with Crippen molar-refractivity contribution in [3.63, 3.8) is 0 Å². The Bertz CT molecular complexity index is 584. The Morgan fingerprint density at radius 2 is 1.53 bits per heavy atom. The van der Waals surface area contributed by atoms with Gasteiger partial charge in [0.05, 0.1) is 20.8 Å². The van der Waals surface area contributed by atoms with Crippen LogP contribution in [0.4, 0.5) is 5.69 Å². The van der Waals surface area contributed by atoms with Gasteiger partial charge in [-0.2, -0.15) is 0 Å². The van der Waals surface area contributed by atoms with Gasteiger partial charge in [0.15, 0.2) is 0 Å². The van der Waals surface area contributed by atoms with Crippen LogP contribution in [0.25, 0.3) is 0 Å². The van der Waals surface area contributed by atoms with Crippen LogP contribution in [0.2, 0.25) is 15.1 Å². The van der Waals surface area contributed by atoms with Crippen LogP contribution in [0.15, 0.2) is 36.4 Å². The summed E-state index contributed by atoms with van der Waals surface area (Å²) in [5.74, 6) is 0. The Kier molecular flexibility index (Phi) is 5.23. The molecule has 2 aromatic carbocycles. The maximum Gasteiger partial charge on any atom is 0.0653 e. The van der Waals surface area contributed by atoms with E-state index in [-0.39, 0.29) is 6.04 Å². The number of anilines is 1. The molecule has 0 aliphatic carbocycles. The van der Waals surface area contributed by atoms with E-state index in [2.05, 4.69) is 59.1 Å². The SMILES string of the molecule is CC(Nc1cc(Cl)c(Cl)cc1Cl)c1ccc(I)cc1. The molecule has 1 atom stereocenters. The number of nitrogens with one attached hydrogen (secondary N) is 1. The van der Waals surface area contributed by atoms with Gasteiger partial charge in [0.2, 0.25) is 0 Å². The van der Waals surface area contributed by atoms with Crippen molar-refractivity contribution in [2.24, 2.45) is 0 Å². The molecule has 0 bridgehead atoms. The van der Waals surface area contributed by atoms with Gasteiger partial charge in [-0.05, 0) is 59.3 Å². The molecule has 0 aliphatic rings. The summed E-state index contributed by atoms with van der Waals surface area (Å²) in [6, 6.07) is 11.8. The number of halogens is 4. The summed E-state index contributed by atoms with van der Waals surface area (Å²) in [4.78, 5) is 0. The fraction of sp³-hybridized carbons (Fsp3) is 0.143. The standard InChI is InChI=1S/C14H11Cl3IN/c1-8(9-2-4-10(18)5-3-9)19-14-7-12(16)11(15)6-13(14)17/h2-8,19H,1H3. The summed E-state index contributed by atoms with van der Waals surface area (Å²) in [6.07, 6.45) is 0. The Labute approximate surface area is 141 Å². The number of benzene rings is 2. The first-order valence-electron chi connectivity index (χ1n) is 5.64. The van der Waals surface area contributed by atoms with Crippen molar-refractivity contribution in [3.05, 3.63) is 60.6 Å². The number of hydrogen-bond donors (Lipinski definition) is 1. The Morgan fingerprint density at radius 3 is 2.16 bits per heavy atom. The van der Waals surface area contributed by atoms with Gasteiger partial charge < -0.3 is 5.32 Å². The van der Waals surface area contributed by atoms with Gasteiger partial charge in [0.25, 0.3) is 0 Å². The molecule has 0 spiro atoms. The Morgan fingerprint density at radius 1 is 0.947 bits per heavy atom. The molecule has 100 valence electrons. The van der Waals surface area contributed by atoms with E-state index in [9.17, 15) is 0 Å². The van der Waals surface area contributed by atoms with Crippen LogP contribution in [0, 0.1) is 3.57 Å². The van der Waals surface area contributed by atoms with Crippen molar-refractivity contribution in [1.29, 1.82) is 0 Å². The molecule has 0 radical (unpaired) electrons. The lowest BCUT2D eigenvalue weighted by molar-refractivity contribution is 0.884. The highest BCUT2D eigenvalue weighted by molar-refractivity contribution is 14.1. The summed E-state index contributed by atoms with van der Waals surface area (Å²) >= 11 is 20.4. The van der Waals surface area contributed by atoms with Crippen LogP contribution in [0.3, 0.4) is 0 Å². The van der Waals surface area contributed by atoms with Crippen LogP contribution >= 0.6 is 57.4 Å². The molecule has 0 heterocycles. The molecule has 2 rings (SSSR count). The predicted molar refractivity (Wildman–Crippen MR) is 92.7 cm³/mol. The minimum absolute atomic E-state index is 0.131. The van der Waals surface area contributed by atoms with Crippen LogP contribution in [0.1, 0.15) is 18.5 Å². The normalized spacial score (nSPS) is 12.3. The zero-order valence-corrected chi connectivity index (χ0v) is 14.5. The highest BCUT2D eigenvalue weighted by atomic mass is 127. The minimum atomic E-state index is 0.131. The van der Waals surface area contributed by atoms with Gasteiger partial charge in [-0.3, -0.25) is 0 Å². The molecule has 19 heavy (non-hydrogen) atoms. The van der Waals surface area contributed by atoms with Crippen molar-refractivity contribution in [2.75, 3.05) is 5.32 Å². The molecule has 0 fully saturated rings. The Hall–Kier alpha value is -0.160. The number of rotatable bonds is 3. The average molecular weight is 427 g/mol. The van der Waals surface area contributed by atoms with Gasteiger partial charge in [0.1, 0.15) is 0 Å². The molecule has 1 N–H and O–H groups in total. The summed E-state index contributed by atoms with van der Waals surface area (Å²) in [7, 11) is 0. The monoisotopic (exact) mass is 425 g/mol. The lowest BCUT2D eigenvalue weighted by atomic mass is 10.1. The fourth-order valence-corrected chi connectivity index (χ4v) is 2.66. The van der Waals surface area contributed by atoms with Gasteiger partial charge in [0, 0.05) is 9.61 Å². The molecule has 1 nitrogen and oxygen atoms in total. The molecule has 1 unspecified atom stereocenters. The van der Waals surface area contributed by atoms with E-state index >= 15 is 0 Å². The van der Waals surface area contributed by atoms with E-state index in [1.165, 1.54) is 9.13 Å². The quantitative estimate of drug-likeness (QED) is 0.441. The van der Waals surface area contributed by atoms with Crippen molar-refractivity contribution in [3.8, 4) is 0 Å². The molecule has 0 saturated heterocycles. The molecule has 0 aromatic heterocycles. The largest absolute Gasteiger partial charge is 0.377 e. The highest BCUT2D eigenvalue weighted by Crippen LogP contribution is 2.34. The van der Waals surface area contributed by atoms with Crippen LogP contribution < -0.4 is 5.32 Å². The molecule has 2 aromatic rings. The first-order chi connectivity index (χ1) is 8.97. The van der Waals surface area contributed by atoms with E-state index < -0.39 is 0 Å². The van der Waals surface area contributed by atoms with E-state index in [1.807, 2.05) is 0 Å². The van der Waals surface area contributed by atoms with E-state index in [0.717, 1.165) is 5.69 Å². The second-order valence-electron chi connectivity index (χ2n) is 4.16. The van der Waals surface area contributed by atoms with Crippen molar-refractivity contribution in [2.45, 2.75) is 13.0 Å². The van der Waals surface area contributed by atoms with Gasteiger partial charge >= 0.3 is 0 Å². The molecular formula is C14H11Cl3IN. The zero-order valence-electron chi connectivity index (χ0n) is 10.1. The first kappa shape index (κ1) is 15.2. The van der Waals surface area contributed by atoms with Crippen LogP contribution in [-0.2, 0) is 0 Å². The molecule has 0 saturated carbocycles. The molecule has 0 amide bonds. The average Bonchev–Trinajstić information content (AvgIpc) is 2.36. The van der Waals surface area contributed by atoms with Crippen molar-refractivity contribution >= 4 is 63.1 Å². The topological polar surface area (TPSA) is 12.0 Å². The smallest absolute Gasteiger partial charge is 0.0653 e. The second kappa shape index (κ2) is 6.53. The summed E-state index contributed by atoms with van der Waals surface area (Å²) in [5, 5.41) is 4.85. The third-order valence-corrected chi connectivity index (χ3v) is 4.51. The van der Waals surface area contributed by atoms with Gasteiger partial charge in [-0.15, -0.1) is 0 Å². The maximum atomic E-state index is 6.15. The molecule has 5 heteroatoms. The zero-order chi connectivity index (χ0) is 14.0. The number of hydrogen-bond acceptors (Lipinski definition) is 1. The maximum absolute atomic E-state index is 6.15. The van der Waals surface area contributed by atoms with Crippen molar-refractivity contribution in [1.82, 2.24) is 0 Å². The van der Waals surface area contributed by atoms with E-state index in [4.69, 9.17) is 34.8 Å². The van der Waals surface area contributed by atoms with Crippen LogP contribution in [-0.4, -0.2) is 0 Å². The highest BCUT2D eigenvalue weighted by Gasteiger charge is 2.10. The second-order valence-corrected chi connectivity index (χ2v) is 6.63. The van der Waals surface area contributed by atoms with Crippen LogP contribution in [0.5, 0.6) is 0 Å². The fourth-order valence-electron chi connectivity index (χ4n) is 1.70. The summed E-state index contributed by atoms with van der Waals surface area (Å²) in [6.45, 7) is 2.07. The minimum Gasteiger partial charge on any atom is -0.377 e. The molecular weight excluding hydrogens is 415 g/mol. The lowest BCUT2D eigenvalue weighted by Gasteiger charge is -2.17. The lowest BCUT2D eigenvalue weighted by Crippen LogP contribution is -2.07. The predicted octanol–water partition coefficient (Wildman–Crippen LogP) is 6.42. The third-order valence-electron chi connectivity index (χ3n) is 2.75. The Balaban J connectivity index is 2.21. The van der Waals surface area contributed by atoms with Crippen molar-refractivity contribution < 1.29 is 0 Å². The van der Waals surface area contributed by atoms with E-state index in [0.29, 0.717) is 15.1 Å². The molecule has 0 aliphatic heterocycles. The first-order valence-corrected chi connectivity index (χ1v) is 7.85. The van der Waals surface area contributed by atoms with Gasteiger partial charge in [-0.25, -0.2) is 0 Å². The van der Waals surface area contributed by atoms with Gasteiger partial charge in [-0.1, -0.05) is 46.9 Å². The summed E-state index contributed by atoms with van der Waals surface area (Å²) in [5.41, 5.74) is 1.96. The third kappa shape index (κ3) is 3.91. The van der Waals surface area contributed by atoms with E-state index in [1.54, 1.807) is 12.1 Å². The summed E-state index contributed by atoms with van der Waals surface area (Å²) < 4.78 is 1.21.